The quantitative estimate of drug-likeness (QED) is 0.873. The molecule has 0 bridgehead atoms. The van der Waals surface area contributed by atoms with E-state index in [1.54, 1.807) is 4.90 Å². The number of carbonyl (C=O) groups is 1. The lowest BCUT2D eigenvalue weighted by Gasteiger charge is -2.37. The smallest absolute Gasteiger partial charge is 0.253 e. The van der Waals surface area contributed by atoms with Crippen LogP contribution in [0, 0.1) is 17.2 Å². The Kier molecular flexibility index (Phi) is 4.39. The number of hydrogen-bond acceptors (Lipinski definition) is 3. The van der Waals surface area contributed by atoms with Crippen LogP contribution >= 0.6 is 11.6 Å². The number of rotatable bonds is 2. The van der Waals surface area contributed by atoms with Crippen LogP contribution < -0.4 is 5.32 Å². The van der Waals surface area contributed by atoms with Gasteiger partial charge in [-0.25, -0.2) is 4.39 Å². The van der Waals surface area contributed by atoms with Crippen LogP contribution in [0.3, 0.4) is 0 Å². The lowest BCUT2D eigenvalue weighted by atomic mass is 9.71. The number of hydrogen-bond donors (Lipinski definition) is 2. The summed E-state index contributed by atoms with van der Waals surface area (Å²) in [6.07, 6.45) is 1.93. The minimum atomic E-state index is -0.525. The zero-order valence-corrected chi connectivity index (χ0v) is 13.1. The Balaban J connectivity index is 1.80. The number of nitrogens with zero attached hydrogens (tertiary/aromatic N) is 1. The van der Waals surface area contributed by atoms with E-state index in [4.69, 9.17) is 11.6 Å². The van der Waals surface area contributed by atoms with Gasteiger partial charge in [0.25, 0.3) is 5.91 Å². The first-order valence-electron chi connectivity index (χ1n) is 7.62. The maximum Gasteiger partial charge on any atom is 0.253 e. The van der Waals surface area contributed by atoms with E-state index in [1.165, 1.54) is 18.2 Å². The van der Waals surface area contributed by atoms with Crippen molar-refractivity contribution >= 4 is 17.5 Å². The van der Waals surface area contributed by atoms with Crippen LogP contribution in [0.5, 0.6) is 0 Å². The predicted molar refractivity (Wildman–Crippen MR) is 82.4 cm³/mol. The van der Waals surface area contributed by atoms with E-state index >= 15 is 0 Å². The topological polar surface area (TPSA) is 52.6 Å². The molecule has 0 radical (unpaired) electrons. The van der Waals surface area contributed by atoms with Gasteiger partial charge in [-0.1, -0.05) is 11.6 Å². The van der Waals surface area contributed by atoms with Crippen molar-refractivity contribution in [3.63, 3.8) is 0 Å². The summed E-state index contributed by atoms with van der Waals surface area (Å²) in [7, 11) is 0. The second-order valence-corrected chi connectivity index (χ2v) is 6.71. The first kappa shape index (κ1) is 15.7. The second-order valence-electron chi connectivity index (χ2n) is 6.31. The molecule has 1 spiro atoms. The number of benzene rings is 1. The standard InChI is InChI=1S/C16H20ClFN2O2/c17-13-7-11(1-2-14(13)18)15(22)20-8-12(9-21)16(10-20)3-5-19-6-4-16/h1-2,7,12,19,21H,3-6,8-10H2. The first-order chi connectivity index (χ1) is 10.6. The van der Waals surface area contributed by atoms with Crippen LogP contribution in [0.15, 0.2) is 18.2 Å². The highest BCUT2D eigenvalue weighted by atomic mass is 35.5. The largest absolute Gasteiger partial charge is 0.396 e. The van der Waals surface area contributed by atoms with Crippen molar-refractivity contribution < 1.29 is 14.3 Å². The summed E-state index contributed by atoms with van der Waals surface area (Å²) in [5.41, 5.74) is 0.397. The number of amides is 1. The molecule has 2 aliphatic heterocycles. The molecule has 2 aliphatic rings. The van der Waals surface area contributed by atoms with Gasteiger partial charge in [0.1, 0.15) is 5.82 Å². The molecule has 2 heterocycles. The fourth-order valence-corrected chi connectivity index (χ4v) is 3.92. The Morgan fingerprint density at radius 1 is 1.45 bits per heavy atom. The molecule has 1 amide bonds. The molecule has 22 heavy (non-hydrogen) atoms. The van der Waals surface area contributed by atoms with Gasteiger partial charge in [0, 0.05) is 31.2 Å². The highest BCUT2D eigenvalue weighted by molar-refractivity contribution is 6.31. The molecule has 1 aromatic rings. The predicted octanol–water partition coefficient (Wildman–Crippen LogP) is 1.91. The van der Waals surface area contributed by atoms with Crippen molar-refractivity contribution in [1.29, 1.82) is 0 Å². The number of aliphatic hydroxyl groups is 1. The van der Waals surface area contributed by atoms with E-state index < -0.39 is 5.82 Å². The highest BCUT2D eigenvalue weighted by Gasteiger charge is 2.47. The number of nitrogens with one attached hydrogen (secondary N) is 1. The Hall–Kier alpha value is -1.17. The van der Waals surface area contributed by atoms with Crippen molar-refractivity contribution in [2.45, 2.75) is 12.8 Å². The molecular formula is C16H20ClFN2O2. The molecule has 0 saturated carbocycles. The van der Waals surface area contributed by atoms with E-state index in [9.17, 15) is 14.3 Å². The number of halogens is 2. The second kappa shape index (κ2) is 6.14. The Bertz CT molecular complexity index is 575. The lowest BCUT2D eigenvalue weighted by Crippen LogP contribution is -2.43. The van der Waals surface area contributed by atoms with Crippen LogP contribution in [0.4, 0.5) is 4.39 Å². The molecule has 1 aromatic carbocycles. The third-order valence-corrected chi connectivity index (χ3v) is 5.38. The molecule has 2 saturated heterocycles. The molecule has 3 rings (SSSR count). The van der Waals surface area contributed by atoms with E-state index in [2.05, 4.69) is 5.32 Å². The van der Waals surface area contributed by atoms with Crippen molar-refractivity contribution in [2.75, 3.05) is 32.8 Å². The van der Waals surface area contributed by atoms with Crippen LogP contribution in [0.2, 0.25) is 5.02 Å². The molecular weight excluding hydrogens is 307 g/mol. The van der Waals surface area contributed by atoms with Crippen molar-refractivity contribution in [2.24, 2.45) is 11.3 Å². The van der Waals surface area contributed by atoms with E-state index in [1.807, 2.05) is 0 Å². The third kappa shape index (κ3) is 2.73. The molecule has 1 unspecified atom stereocenters. The van der Waals surface area contributed by atoms with Gasteiger partial charge >= 0.3 is 0 Å². The van der Waals surface area contributed by atoms with E-state index in [0.29, 0.717) is 18.7 Å². The minimum absolute atomic E-state index is 0.000511. The summed E-state index contributed by atoms with van der Waals surface area (Å²) in [6, 6.07) is 4.06. The van der Waals surface area contributed by atoms with Gasteiger partial charge in [-0.05, 0) is 49.5 Å². The number of aliphatic hydroxyl groups excluding tert-OH is 1. The van der Waals surface area contributed by atoms with Crippen molar-refractivity contribution in [3.8, 4) is 0 Å². The molecule has 1 atom stereocenters. The SMILES string of the molecule is O=C(c1ccc(F)c(Cl)c1)N1CC(CO)C2(CCNCC2)C1. The fraction of sp³-hybridized carbons (Fsp3) is 0.562. The van der Waals surface area contributed by atoms with Crippen LogP contribution in [0.25, 0.3) is 0 Å². The van der Waals surface area contributed by atoms with Gasteiger partial charge in [0.2, 0.25) is 0 Å². The van der Waals surface area contributed by atoms with Gasteiger partial charge in [0.05, 0.1) is 5.02 Å². The Labute approximate surface area is 134 Å². The van der Waals surface area contributed by atoms with Crippen molar-refractivity contribution in [1.82, 2.24) is 10.2 Å². The molecule has 0 aliphatic carbocycles. The van der Waals surface area contributed by atoms with Gasteiger partial charge in [-0.3, -0.25) is 4.79 Å². The summed E-state index contributed by atoms with van der Waals surface area (Å²) in [4.78, 5) is 14.4. The van der Waals surface area contributed by atoms with E-state index in [-0.39, 0.29) is 28.9 Å². The van der Waals surface area contributed by atoms with Gasteiger partial charge in [-0.2, -0.15) is 0 Å². The normalized spacial score (nSPS) is 24.0. The van der Waals surface area contributed by atoms with Crippen LogP contribution in [-0.4, -0.2) is 48.7 Å². The maximum absolute atomic E-state index is 13.2. The lowest BCUT2D eigenvalue weighted by molar-refractivity contribution is 0.0756. The van der Waals surface area contributed by atoms with Crippen LogP contribution in [-0.2, 0) is 0 Å². The summed E-state index contributed by atoms with van der Waals surface area (Å²) >= 11 is 5.77. The number of likely N-dealkylation sites (tertiary alicyclic amines) is 1. The summed E-state index contributed by atoms with van der Waals surface area (Å²) in [6.45, 7) is 3.12. The maximum atomic E-state index is 13.2. The summed E-state index contributed by atoms with van der Waals surface area (Å²) in [5.74, 6) is -0.562. The summed E-state index contributed by atoms with van der Waals surface area (Å²) < 4.78 is 13.2. The molecule has 6 heteroatoms. The number of carbonyl (C=O) groups excluding carboxylic acids is 1. The molecule has 2 fully saturated rings. The average molecular weight is 327 g/mol. The van der Waals surface area contributed by atoms with Crippen LogP contribution in [0.1, 0.15) is 23.2 Å². The zero-order chi connectivity index (χ0) is 15.7. The van der Waals surface area contributed by atoms with Gasteiger partial charge in [-0.15, -0.1) is 0 Å². The molecule has 4 nitrogen and oxygen atoms in total. The van der Waals surface area contributed by atoms with E-state index in [0.717, 1.165) is 25.9 Å². The zero-order valence-electron chi connectivity index (χ0n) is 12.3. The minimum Gasteiger partial charge on any atom is -0.396 e. The first-order valence-corrected chi connectivity index (χ1v) is 7.99. The highest BCUT2D eigenvalue weighted by Crippen LogP contribution is 2.43. The summed E-state index contributed by atoms with van der Waals surface area (Å²) in [5, 5.41) is 13.0. The van der Waals surface area contributed by atoms with Gasteiger partial charge < -0.3 is 15.3 Å². The molecule has 120 valence electrons. The molecule has 2 N–H and O–H groups in total. The Morgan fingerprint density at radius 2 is 2.18 bits per heavy atom. The third-order valence-electron chi connectivity index (χ3n) is 5.09. The Morgan fingerprint density at radius 3 is 2.82 bits per heavy atom. The number of piperidine rings is 1. The fourth-order valence-electron chi connectivity index (χ4n) is 3.74. The average Bonchev–Trinajstić information content (AvgIpc) is 2.88. The molecule has 0 aromatic heterocycles. The van der Waals surface area contributed by atoms with Crippen molar-refractivity contribution in [3.05, 3.63) is 34.6 Å². The van der Waals surface area contributed by atoms with Gasteiger partial charge in [0.15, 0.2) is 0 Å². The monoisotopic (exact) mass is 326 g/mol.